The summed E-state index contributed by atoms with van der Waals surface area (Å²) in [7, 11) is 0. The van der Waals surface area contributed by atoms with Crippen molar-refractivity contribution in [2.24, 2.45) is 5.73 Å². The first-order valence-electron chi connectivity index (χ1n) is 8.25. The second kappa shape index (κ2) is 7.23. The molecule has 0 saturated heterocycles. The van der Waals surface area contributed by atoms with Crippen LogP contribution in [-0.2, 0) is 11.3 Å². The number of nitrogens with one attached hydrogen (secondary N) is 1. The average Bonchev–Trinajstić information content (AvgIpc) is 2.62. The van der Waals surface area contributed by atoms with Gasteiger partial charge in [0.2, 0.25) is 5.91 Å². The lowest BCUT2D eigenvalue weighted by atomic mass is 10.1. The molecule has 3 rings (SSSR count). The van der Waals surface area contributed by atoms with Crippen LogP contribution in [-0.4, -0.2) is 16.4 Å². The Morgan fingerprint density at radius 3 is 2.54 bits per heavy atom. The lowest BCUT2D eigenvalue weighted by Gasteiger charge is -2.12. The number of amides is 2. The van der Waals surface area contributed by atoms with Crippen molar-refractivity contribution in [2.75, 3.05) is 5.32 Å². The normalized spacial score (nSPS) is 10.7. The molecule has 132 valence electrons. The Morgan fingerprint density at radius 1 is 1.08 bits per heavy atom. The highest BCUT2D eigenvalue weighted by Crippen LogP contribution is 2.16. The van der Waals surface area contributed by atoms with Crippen molar-refractivity contribution in [1.29, 1.82) is 0 Å². The van der Waals surface area contributed by atoms with Gasteiger partial charge in [0.1, 0.15) is 0 Å². The molecular weight excluding hydrogens is 330 g/mol. The molecule has 3 N–H and O–H groups in total. The van der Waals surface area contributed by atoms with Crippen LogP contribution in [0.1, 0.15) is 22.3 Å². The molecule has 0 radical (unpaired) electrons. The number of pyridine rings is 1. The maximum atomic E-state index is 12.5. The Hall–Kier alpha value is -3.41. The highest BCUT2D eigenvalue weighted by atomic mass is 16.2. The number of aromatic nitrogens is 1. The summed E-state index contributed by atoms with van der Waals surface area (Å²) in [6.07, 6.45) is 0.0977. The number of anilines is 1. The molecule has 3 aromatic rings. The van der Waals surface area contributed by atoms with Crippen molar-refractivity contribution in [3.8, 4) is 0 Å². The summed E-state index contributed by atoms with van der Waals surface area (Å²) in [6.45, 7) is 2.00. The quantitative estimate of drug-likeness (QED) is 0.741. The molecule has 1 heterocycles. The molecule has 1 aromatic heterocycles. The van der Waals surface area contributed by atoms with Gasteiger partial charge in [0.05, 0.1) is 16.8 Å². The fraction of sp³-hybridized carbons (Fsp3) is 0.150. The van der Waals surface area contributed by atoms with Gasteiger partial charge in [-0.25, -0.2) is 0 Å². The van der Waals surface area contributed by atoms with Gasteiger partial charge in [-0.15, -0.1) is 0 Å². The molecule has 2 amide bonds. The summed E-state index contributed by atoms with van der Waals surface area (Å²) >= 11 is 0. The lowest BCUT2D eigenvalue weighted by Crippen LogP contribution is -2.25. The van der Waals surface area contributed by atoms with Crippen molar-refractivity contribution < 1.29 is 9.59 Å². The standard InChI is InChI=1S/C20H19N3O3/c1-13-12-14-6-2-5-9-17(14)23(20(13)26)11-10-18(24)22-16-8-4-3-7-15(16)19(21)25/h2-9,12H,10-11H2,1H3,(H2,21,25)(H,22,24). The van der Waals surface area contributed by atoms with E-state index in [4.69, 9.17) is 5.73 Å². The van der Waals surface area contributed by atoms with E-state index in [1.807, 2.05) is 30.3 Å². The molecule has 0 unspecified atom stereocenters. The van der Waals surface area contributed by atoms with Crippen molar-refractivity contribution >= 4 is 28.4 Å². The Labute approximate surface area is 150 Å². The topological polar surface area (TPSA) is 94.2 Å². The van der Waals surface area contributed by atoms with Gasteiger partial charge in [-0.3, -0.25) is 14.4 Å². The van der Waals surface area contributed by atoms with E-state index in [0.717, 1.165) is 10.9 Å². The third-order valence-electron chi connectivity index (χ3n) is 4.21. The van der Waals surface area contributed by atoms with Gasteiger partial charge in [0.25, 0.3) is 11.5 Å². The molecule has 6 heteroatoms. The molecule has 0 aliphatic heterocycles. The molecule has 0 aliphatic carbocycles. The first-order chi connectivity index (χ1) is 12.5. The second-order valence-electron chi connectivity index (χ2n) is 6.05. The number of para-hydroxylation sites is 2. The van der Waals surface area contributed by atoms with Gasteiger partial charge in [-0.1, -0.05) is 30.3 Å². The van der Waals surface area contributed by atoms with Crippen LogP contribution in [0, 0.1) is 6.92 Å². The number of primary amides is 1. The zero-order chi connectivity index (χ0) is 18.7. The van der Waals surface area contributed by atoms with E-state index in [2.05, 4.69) is 5.32 Å². The molecule has 2 aromatic carbocycles. The van der Waals surface area contributed by atoms with Gasteiger partial charge < -0.3 is 15.6 Å². The first-order valence-corrected chi connectivity index (χ1v) is 8.25. The summed E-state index contributed by atoms with van der Waals surface area (Å²) in [5.41, 5.74) is 7.23. The summed E-state index contributed by atoms with van der Waals surface area (Å²) in [5.74, 6) is -0.905. The number of rotatable bonds is 5. The Morgan fingerprint density at radius 2 is 1.77 bits per heavy atom. The predicted octanol–water partition coefficient (Wildman–Crippen LogP) is 2.44. The summed E-state index contributed by atoms with van der Waals surface area (Å²) in [6, 6.07) is 16.0. The fourth-order valence-corrected chi connectivity index (χ4v) is 2.93. The van der Waals surface area contributed by atoms with E-state index in [9.17, 15) is 14.4 Å². The minimum Gasteiger partial charge on any atom is -0.366 e. The van der Waals surface area contributed by atoms with Crippen LogP contribution < -0.4 is 16.6 Å². The first kappa shape index (κ1) is 17.4. The summed E-state index contributed by atoms with van der Waals surface area (Å²) in [5, 5.41) is 3.64. The summed E-state index contributed by atoms with van der Waals surface area (Å²) in [4.78, 5) is 36.2. The lowest BCUT2D eigenvalue weighted by molar-refractivity contribution is -0.116. The van der Waals surface area contributed by atoms with Crippen molar-refractivity contribution in [2.45, 2.75) is 19.9 Å². The van der Waals surface area contributed by atoms with Crippen LogP contribution in [0.4, 0.5) is 5.69 Å². The number of aryl methyl sites for hydroxylation is 2. The van der Waals surface area contributed by atoms with E-state index in [0.29, 0.717) is 11.3 Å². The van der Waals surface area contributed by atoms with E-state index in [-0.39, 0.29) is 30.0 Å². The molecule has 0 bridgehead atoms. The Kier molecular flexibility index (Phi) is 4.84. The number of benzene rings is 2. The molecule has 0 spiro atoms. The maximum Gasteiger partial charge on any atom is 0.253 e. The number of hydrogen-bond acceptors (Lipinski definition) is 3. The van der Waals surface area contributed by atoms with Crippen LogP contribution in [0.3, 0.4) is 0 Å². The van der Waals surface area contributed by atoms with Gasteiger partial charge in [-0.2, -0.15) is 0 Å². The summed E-state index contributed by atoms with van der Waals surface area (Å²) < 4.78 is 1.60. The van der Waals surface area contributed by atoms with Gasteiger partial charge in [0.15, 0.2) is 0 Å². The average molecular weight is 349 g/mol. The highest BCUT2D eigenvalue weighted by Gasteiger charge is 2.12. The largest absolute Gasteiger partial charge is 0.366 e. The van der Waals surface area contributed by atoms with E-state index < -0.39 is 5.91 Å². The smallest absolute Gasteiger partial charge is 0.253 e. The zero-order valence-corrected chi connectivity index (χ0v) is 14.4. The van der Waals surface area contributed by atoms with Crippen molar-refractivity contribution in [3.05, 3.63) is 76.1 Å². The Balaban J connectivity index is 1.81. The predicted molar refractivity (Wildman–Crippen MR) is 101 cm³/mol. The van der Waals surface area contributed by atoms with Crippen molar-refractivity contribution in [1.82, 2.24) is 4.57 Å². The van der Waals surface area contributed by atoms with Gasteiger partial charge >= 0.3 is 0 Å². The molecule has 6 nitrogen and oxygen atoms in total. The molecule has 0 aliphatic rings. The molecule has 26 heavy (non-hydrogen) atoms. The second-order valence-corrected chi connectivity index (χ2v) is 6.05. The third kappa shape index (κ3) is 3.49. The van der Waals surface area contributed by atoms with Crippen LogP contribution in [0.5, 0.6) is 0 Å². The van der Waals surface area contributed by atoms with Crippen LogP contribution >= 0.6 is 0 Å². The number of carbonyl (C=O) groups excluding carboxylic acids is 2. The monoisotopic (exact) mass is 349 g/mol. The van der Waals surface area contributed by atoms with Gasteiger partial charge in [0, 0.05) is 18.5 Å². The van der Waals surface area contributed by atoms with Crippen LogP contribution in [0.15, 0.2) is 59.4 Å². The molecule has 0 saturated carbocycles. The van der Waals surface area contributed by atoms with Crippen molar-refractivity contribution in [3.63, 3.8) is 0 Å². The number of carbonyl (C=O) groups is 2. The zero-order valence-electron chi connectivity index (χ0n) is 14.4. The molecule has 0 atom stereocenters. The molecule has 0 fully saturated rings. The van der Waals surface area contributed by atoms with E-state index in [1.165, 1.54) is 0 Å². The number of fused-ring (bicyclic) bond motifs is 1. The fourth-order valence-electron chi connectivity index (χ4n) is 2.93. The minimum absolute atomic E-state index is 0.0977. The SMILES string of the molecule is Cc1cc2ccccc2n(CCC(=O)Nc2ccccc2C(N)=O)c1=O. The van der Waals surface area contributed by atoms with Crippen LogP contribution in [0.2, 0.25) is 0 Å². The third-order valence-corrected chi connectivity index (χ3v) is 4.21. The van der Waals surface area contributed by atoms with E-state index >= 15 is 0 Å². The van der Waals surface area contributed by atoms with E-state index in [1.54, 1.807) is 35.8 Å². The molecular formula is C20H19N3O3. The number of nitrogens with two attached hydrogens (primary N) is 1. The maximum absolute atomic E-state index is 12.5. The van der Waals surface area contributed by atoms with Gasteiger partial charge in [-0.05, 0) is 36.6 Å². The minimum atomic E-state index is -0.609. The number of hydrogen-bond donors (Lipinski definition) is 2. The number of nitrogens with zero attached hydrogens (tertiary/aromatic N) is 1. The Bertz CT molecular complexity index is 1050. The van der Waals surface area contributed by atoms with Crippen LogP contribution in [0.25, 0.3) is 10.9 Å². The highest BCUT2D eigenvalue weighted by molar-refractivity contribution is 6.02.